The third-order valence-electron chi connectivity index (χ3n) is 13.2. The monoisotopic (exact) mass is 1110 g/mol. The van der Waals surface area contributed by atoms with Gasteiger partial charge in [0, 0.05) is 19.3 Å². The fourth-order valence-corrected chi connectivity index (χ4v) is 8.38. The zero-order valence-corrected chi connectivity index (χ0v) is 52.0. The molecule has 6 heteroatoms. The van der Waals surface area contributed by atoms with E-state index in [1.54, 1.807) is 0 Å². The number of carbonyl (C=O) groups is 3. The van der Waals surface area contributed by atoms with Gasteiger partial charge in [-0.2, -0.15) is 0 Å². The Kier molecular flexibility index (Phi) is 62.9. The minimum atomic E-state index is -0.824. The van der Waals surface area contributed by atoms with E-state index in [0.717, 1.165) is 148 Å². The summed E-state index contributed by atoms with van der Waals surface area (Å²) in [6.45, 7) is 6.29. The van der Waals surface area contributed by atoms with E-state index in [1.807, 2.05) is 12.2 Å². The molecule has 0 aromatic rings. The number of hydrogen-bond donors (Lipinski definition) is 0. The number of allylic oxidation sites excluding steroid dienone is 28. The third-order valence-corrected chi connectivity index (χ3v) is 13.2. The van der Waals surface area contributed by atoms with Crippen molar-refractivity contribution in [3.05, 3.63) is 170 Å². The minimum absolute atomic E-state index is 0.114. The molecule has 0 N–H and O–H groups in total. The maximum absolute atomic E-state index is 12.9. The Morgan fingerprint density at radius 2 is 0.506 bits per heavy atom. The first kappa shape index (κ1) is 75.8. The second-order valence-corrected chi connectivity index (χ2v) is 20.9. The normalized spacial score (nSPS) is 13.3. The van der Waals surface area contributed by atoms with Crippen LogP contribution in [0.3, 0.4) is 0 Å². The molecule has 0 saturated heterocycles. The van der Waals surface area contributed by atoms with E-state index in [1.165, 1.54) is 70.6 Å². The van der Waals surface area contributed by atoms with Gasteiger partial charge in [-0.15, -0.1) is 0 Å². The highest BCUT2D eigenvalue weighted by Gasteiger charge is 2.19. The largest absolute Gasteiger partial charge is 0.462 e. The molecular formula is C75H118O6. The molecule has 0 saturated carbocycles. The van der Waals surface area contributed by atoms with Crippen LogP contribution >= 0.6 is 0 Å². The Morgan fingerprint density at radius 1 is 0.259 bits per heavy atom. The van der Waals surface area contributed by atoms with Crippen LogP contribution in [0.25, 0.3) is 0 Å². The molecule has 0 aromatic heterocycles. The van der Waals surface area contributed by atoms with Gasteiger partial charge in [0.25, 0.3) is 0 Å². The smallest absolute Gasteiger partial charge is 0.306 e. The van der Waals surface area contributed by atoms with Crippen molar-refractivity contribution < 1.29 is 28.6 Å². The van der Waals surface area contributed by atoms with Crippen molar-refractivity contribution in [2.45, 2.75) is 271 Å². The molecule has 0 aliphatic carbocycles. The summed E-state index contributed by atoms with van der Waals surface area (Å²) in [7, 11) is 0. The Morgan fingerprint density at radius 3 is 0.827 bits per heavy atom. The maximum atomic E-state index is 12.9. The SMILES string of the molecule is CC/C=C\C/C=C\C/C=C\C/C=C\C/C=C\C/C=C\C/C=C\C/C=C\CCCCCCCCCCCCC(=O)OCC(COC(=O)CC/C=C\C/C=C\C/C=C\C/C=C\CC)OC(=O)CCCCCCC/C=C\C/C=C\CCCCC. The molecule has 0 amide bonds. The summed E-state index contributed by atoms with van der Waals surface area (Å²) < 4.78 is 16.8. The molecule has 0 aliphatic rings. The number of rotatable bonds is 57. The molecule has 0 bridgehead atoms. The molecule has 6 nitrogen and oxygen atoms in total. The van der Waals surface area contributed by atoms with Crippen LogP contribution in [0, 0.1) is 0 Å². The van der Waals surface area contributed by atoms with E-state index in [0.29, 0.717) is 19.3 Å². The van der Waals surface area contributed by atoms with E-state index >= 15 is 0 Å². The van der Waals surface area contributed by atoms with Gasteiger partial charge in [-0.3, -0.25) is 14.4 Å². The molecule has 0 rings (SSSR count). The van der Waals surface area contributed by atoms with Crippen molar-refractivity contribution in [1.82, 2.24) is 0 Å². The van der Waals surface area contributed by atoms with Crippen molar-refractivity contribution in [1.29, 1.82) is 0 Å². The van der Waals surface area contributed by atoms with Crippen LogP contribution in [0.1, 0.15) is 265 Å². The number of ether oxygens (including phenoxy) is 3. The number of esters is 3. The van der Waals surface area contributed by atoms with Crippen molar-refractivity contribution in [3.8, 4) is 0 Å². The summed E-state index contributed by atoms with van der Waals surface area (Å²) in [4.78, 5) is 38.2. The van der Waals surface area contributed by atoms with Gasteiger partial charge < -0.3 is 14.2 Å². The minimum Gasteiger partial charge on any atom is -0.462 e. The van der Waals surface area contributed by atoms with Gasteiger partial charge in [-0.25, -0.2) is 0 Å². The summed E-state index contributed by atoms with van der Waals surface area (Å²) in [5.74, 6) is -1.02. The fraction of sp³-hybridized carbons (Fsp3) is 0.587. The lowest BCUT2D eigenvalue weighted by Gasteiger charge is -2.18. The van der Waals surface area contributed by atoms with Crippen LogP contribution in [-0.2, 0) is 28.6 Å². The van der Waals surface area contributed by atoms with E-state index in [9.17, 15) is 14.4 Å². The molecule has 1 atom stereocenters. The van der Waals surface area contributed by atoms with Gasteiger partial charge in [-0.1, -0.05) is 274 Å². The van der Waals surface area contributed by atoms with Crippen LogP contribution in [-0.4, -0.2) is 37.2 Å². The van der Waals surface area contributed by atoms with Crippen LogP contribution in [0.2, 0.25) is 0 Å². The zero-order chi connectivity index (χ0) is 58.5. The van der Waals surface area contributed by atoms with Gasteiger partial charge in [0.2, 0.25) is 0 Å². The number of unbranched alkanes of at least 4 members (excludes halogenated alkanes) is 18. The van der Waals surface area contributed by atoms with E-state index < -0.39 is 6.10 Å². The van der Waals surface area contributed by atoms with Gasteiger partial charge in [0.15, 0.2) is 6.10 Å². The van der Waals surface area contributed by atoms with Gasteiger partial charge in [0.1, 0.15) is 13.2 Å². The molecule has 0 aromatic carbocycles. The first-order valence-corrected chi connectivity index (χ1v) is 32.6. The van der Waals surface area contributed by atoms with Crippen LogP contribution in [0.4, 0.5) is 0 Å². The lowest BCUT2D eigenvalue weighted by molar-refractivity contribution is -0.166. The summed E-state index contributed by atoms with van der Waals surface area (Å²) in [6, 6.07) is 0. The molecule has 0 spiro atoms. The summed E-state index contributed by atoms with van der Waals surface area (Å²) in [6.07, 6.45) is 99.6. The van der Waals surface area contributed by atoms with Crippen LogP contribution < -0.4 is 0 Å². The van der Waals surface area contributed by atoms with Crippen LogP contribution in [0.5, 0.6) is 0 Å². The molecule has 454 valence electrons. The quantitative estimate of drug-likeness (QED) is 0.0261. The predicted octanol–water partition coefficient (Wildman–Crippen LogP) is 22.7. The molecule has 81 heavy (non-hydrogen) atoms. The van der Waals surface area contributed by atoms with Crippen molar-refractivity contribution >= 4 is 17.9 Å². The highest BCUT2D eigenvalue weighted by atomic mass is 16.6. The summed E-state index contributed by atoms with van der Waals surface area (Å²) in [5, 5.41) is 0. The number of carbonyl (C=O) groups excluding carboxylic acids is 3. The molecular weight excluding hydrogens is 997 g/mol. The Bertz CT molecular complexity index is 1860. The predicted molar refractivity (Wildman–Crippen MR) is 352 cm³/mol. The topological polar surface area (TPSA) is 78.9 Å². The first-order valence-electron chi connectivity index (χ1n) is 32.6. The average molecular weight is 1120 g/mol. The second-order valence-electron chi connectivity index (χ2n) is 20.9. The second kappa shape index (κ2) is 67.3. The Labute approximate surface area is 498 Å². The Balaban J connectivity index is 4.29. The molecule has 1 unspecified atom stereocenters. The summed E-state index contributed by atoms with van der Waals surface area (Å²) in [5.41, 5.74) is 0. The molecule has 0 heterocycles. The maximum Gasteiger partial charge on any atom is 0.306 e. The van der Waals surface area contributed by atoms with E-state index in [4.69, 9.17) is 14.2 Å². The average Bonchev–Trinajstić information content (AvgIpc) is 3.46. The number of hydrogen-bond acceptors (Lipinski definition) is 6. The molecule has 0 aliphatic heterocycles. The molecule has 0 radical (unpaired) electrons. The van der Waals surface area contributed by atoms with Crippen molar-refractivity contribution in [2.75, 3.05) is 13.2 Å². The van der Waals surface area contributed by atoms with Gasteiger partial charge >= 0.3 is 17.9 Å². The third kappa shape index (κ3) is 65.5. The summed E-state index contributed by atoms with van der Waals surface area (Å²) >= 11 is 0. The molecule has 0 fully saturated rings. The Hall–Kier alpha value is -5.23. The van der Waals surface area contributed by atoms with Gasteiger partial charge in [-0.05, 0) is 141 Å². The standard InChI is InChI=1S/C75H118O6/c1-4-7-10-13-16-19-22-25-27-28-29-30-31-32-33-34-35-36-37-38-39-40-41-42-43-44-45-46-48-50-53-56-59-62-65-68-74(77)80-71-72(70-79-73(76)67-64-61-58-55-52-49-24-21-18-15-12-9-6-3)81-75(78)69-66-63-60-57-54-51-47-26-23-20-17-14-11-8-5-2/h7,9-10,12,16-21,25-27,29-30,32-33,35-36,38-39,41-42,47,49,52,58,61,72H,4-6,8,11,13-15,22-24,28,31,34,37,40,43-46,48,50-51,53-57,59-60,62-71H2,1-3H3/b10-7-,12-9-,19-16-,20-17-,21-18-,27-25-,30-29-,33-32-,36-35-,39-38-,42-41-,47-26-,52-49-,61-58-. The zero-order valence-electron chi connectivity index (χ0n) is 52.0. The van der Waals surface area contributed by atoms with E-state index in [-0.39, 0.29) is 37.5 Å². The van der Waals surface area contributed by atoms with Gasteiger partial charge in [0.05, 0.1) is 0 Å². The lowest BCUT2D eigenvalue weighted by Crippen LogP contribution is -2.30. The lowest BCUT2D eigenvalue weighted by atomic mass is 10.1. The van der Waals surface area contributed by atoms with Crippen LogP contribution in [0.15, 0.2) is 170 Å². The van der Waals surface area contributed by atoms with Crippen molar-refractivity contribution in [2.24, 2.45) is 0 Å². The highest BCUT2D eigenvalue weighted by Crippen LogP contribution is 2.14. The van der Waals surface area contributed by atoms with E-state index in [2.05, 4.69) is 179 Å². The van der Waals surface area contributed by atoms with Crippen molar-refractivity contribution in [3.63, 3.8) is 0 Å². The first-order chi connectivity index (χ1) is 40.0. The fourth-order valence-electron chi connectivity index (χ4n) is 8.38. The highest BCUT2D eigenvalue weighted by molar-refractivity contribution is 5.71.